The summed E-state index contributed by atoms with van der Waals surface area (Å²) < 4.78 is 40.4. The van der Waals surface area contributed by atoms with Crippen molar-refractivity contribution in [3.05, 3.63) is 45.8 Å². The average Bonchev–Trinajstić information content (AvgIpc) is 3.48. The summed E-state index contributed by atoms with van der Waals surface area (Å²) in [5.41, 5.74) is 2.17. The lowest BCUT2D eigenvalue weighted by molar-refractivity contribution is -0.0644. The van der Waals surface area contributed by atoms with Gasteiger partial charge in [-0.05, 0) is 69.6 Å². The molecule has 190 valence electrons. The zero-order valence-electron chi connectivity index (χ0n) is 20.0. The molecule has 3 fully saturated rings. The third-order valence-electron chi connectivity index (χ3n) is 8.04. The molecular weight excluding hydrogens is 484 g/mol. The van der Waals surface area contributed by atoms with Crippen LogP contribution in [-0.4, -0.2) is 27.3 Å². The lowest BCUT2D eigenvalue weighted by Gasteiger charge is -2.34. The number of benzene rings is 1. The molecule has 36 heavy (non-hydrogen) atoms. The minimum atomic E-state index is -2.57. The van der Waals surface area contributed by atoms with Crippen molar-refractivity contribution in [1.82, 2.24) is 10.1 Å². The maximum Gasteiger partial charge on any atom is 0.248 e. The minimum absolute atomic E-state index is 0.00323. The number of thiazole rings is 1. The lowest BCUT2D eigenvalue weighted by Crippen LogP contribution is -2.34. The van der Waals surface area contributed by atoms with Crippen molar-refractivity contribution >= 4 is 21.6 Å². The molecule has 3 aliphatic carbocycles. The maximum absolute atomic E-state index is 13.7. The van der Waals surface area contributed by atoms with Crippen LogP contribution >= 0.6 is 11.3 Å². The van der Waals surface area contributed by atoms with Crippen LogP contribution in [0.4, 0.5) is 8.78 Å². The first kappa shape index (κ1) is 24.0. The van der Waals surface area contributed by atoms with Crippen LogP contribution in [-0.2, 0) is 16.9 Å². The molecular formula is C27H29F2N3O3S. The van der Waals surface area contributed by atoms with Gasteiger partial charge in [0.1, 0.15) is 16.4 Å². The third-order valence-corrected chi connectivity index (χ3v) is 9.25. The summed E-state index contributed by atoms with van der Waals surface area (Å²) in [5.74, 6) is -1.33. The molecule has 2 aromatic heterocycles. The average molecular weight is 514 g/mol. The summed E-state index contributed by atoms with van der Waals surface area (Å²) in [6.07, 6.45) is 5.26. The standard InChI is InChI=1S/C27H29F2N3O3S/c28-27(29)11-5-17(6-12-27)23-20(24(35-32-23)18-2-3-18)15-34-19-7-9-26(33,10-8-19)25-31-21-4-1-16(14-30)13-22(21)36-25/h1,4,13,17-19,33H,2-3,5-12,15H2/t19-,26+. The highest BCUT2D eigenvalue weighted by Gasteiger charge is 2.41. The van der Waals surface area contributed by atoms with Crippen molar-refractivity contribution in [3.63, 3.8) is 0 Å². The number of aliphatic hydroxyl groups is 1. The predicted molar refractivity (Wildman–Crippen MR) is 130 cm³/mol. The maximum atomic E-state index is 13.7. The van der Waals surface area contributed by atoms with E-state index in [1.54, 1.807) is 6.07 Å². The minimum Gasteiger partial charge on any atom is -0.383 e. The van der Waals surface area contributed by atoms with Crippen molar-refractivity contribution in [2.24, 2.45) is 0 Å². The molecule has 0 amide bonds. The molecule has 0 aliphatic heterocycles. The molecule has 0 radical (unpaired) electrons. The van der Waals surface area contributed by atoms with Crippen LogP contribution in [0.5, 0.6) is 0 Å². The Labute approximate surface area is 212 Å². The summed E-state index contributed by atoms with van der Waals surface area (Å²) in [4.78, 5) is 4.65. The van der Waals surface area contributed by atoms with E-state index in [0.29, 0.717) is 61.6 Å². The second kappa shape index (κ2) is 9.16. The van der Waals surface area contributed by atoms with Gasteiger partial charge in [0.05, 0.1) is 40.3 Å². The molecule has 9 heteroatoms. The highest BCUT2D eigenvalue weighted by Crippen LogP contribution is 2.47. The van der Waals surface area contributed by atoms with Crippen LogP contribution in [0.25, 0.3) is 10.2 Å². The van der Waals surface area contributed by atoms with E-state index in [1.165, 1.54) is 11.3 Å². The summed E-state index contributed by atoms with van der Waals surface area (Å²) in [7, 11) is 0. The molecule has 6 rings (SSSR count). The Morgan fingerprint density at radius 3 is 2.53 bits per heavy atom. The van der Waals surface area contributed by atoms with Gasteiger partial charge in [-0.1, -0.05) is 5.16 Å². The highest BCUT2D eigenvalue weighted by atomic mass is 32.1. The fourth-order valence-electron chi connectivity index (χ4n) is 5.62. The zero-order chi connectivity index (χ0) is 24.9. The number of aromatic nitrogens is 2. The molecule has 3 aromatic rings. The van der Waals surface area contributed by atoms with Crippen molar-refractivity contribution < 1.29 is 23.1 Å². The van der Waals surface area contributed by atoms with E-state index in [-0.39, 0.29) is 24.9 Å². The van der Waals surface area contributed by atoms with Gasteiger partial charge in [-0.2, -0.15) is 5.26 Å². The topological polar surface area (TPSA) is 92.2 Å². The number of hydrogen-bond donors (Lipinski definition) is 1. The van der Waals surface area contributed by atoms with Gasteiger partial charge in [0.25, 0.3) is 0 Å². The Balaban J connectivity index is 1.11. The largest absolute Gasteiger partial charge is 0.383 e. The van der Waals surface area contributed by atoms with E-state index in [4.69, 9.17) is 14.5 Å². The zero-order valence-corrected chi connectivity index (χ0v) is 20.8. The van der Waals surface area contributed by atoms with Gasteiger partial charge in [0, 0.05) is 30.2 Å². The molecule has 1 N–H and O–H groups in total. The van der Waals surface area contributed by atoms with Crippen molar-refractivity contribution in [1.29, 1.82) is 5.26 Å². The van der Waals surface area contributed by atoms with Gasteiger partial charge < -0.3 is 14.4 Å². The van der Waals surface area contributed by atoms with E-state index >= 15 is 0 Å². The Morgan fingerprint density at radius 1 is 1.08 bits per heavy atom. The van der Waals surface area contributed by atoms with Crippen molar-refractivity contribution in [3.8, 4) is 6.07 Å². The van der Waals surface area contributed by atoms with Gasteiger partial charge in [-0.3, -0.25) is 0 Å². The first-order chi connectivity index (χ1) is 17.3. The summed E-state index contributed by atoms with van der Waals surface area (Å²) in [5, 5.41) is 25.5. The van der Waals surface area contributed by atoms with Gasteiger partial charge in [-0.25, -0.2) is 13.8 Å². The number of halogens is 2. The van der Waals surface area contributed by atoms with E-state index in [9.17, 15) is 13.9 Å². The van der Waals surface area contributed by atoms with E-state index in [0.717, 1.165) is 40.1 Å². The van der Waals surface area contributed by atoms with Crippen LogP contribution < -0.4 is 0 Å². The second-order valence-electron chi connectivity index (χ2n) is 10.7. The van der Waals surface area contributed by atoms with E-state index < -0.39 is 11.5 Å². The second-order valence-corrected chi connectivity index (χ2v) is 11.7. The Bertz CT molecular complexity index is 1290. The van der Waals surface area contributed by atoms with Crippen LogP contribution in [0.15, 0.2) is 22.7 Å². The molecule has 6 nitrogen and oxygen atoms in total. The van der Waals surface area contributed by atoms with Gasteiger partial charge in [0.2, 0.25) is 5.92 Å². The number of ether oxygens (including phenoxy) is 1. The third kappa shape index (κ3) is 4.67. The molecule has 0 unspecified atom stereocenters. The van der Waals surface area contributed by atoms with Gasteiger partial charge >= 0.3 is 0 Å². The summed E-state index contributed by atoms with van der Waals surface area (Å²) >= 11 is 1.45. The first-order valence-electron chi connectivity index (χ1n) is 12.8. The Morgan fingerprint density at radius 2 is 1.83 bits per heavy atom. The van der Waals surface area contributed by atoms with Crippen LogP contribution in [0.2, 0.25) is 0 Å². The molecule has 0 atom stereocenters. The number of nitriles is 1. The Hall–Kier alpha value is -2.41. The quantitative estimate of drug-likeness (QED) is 0.396. The number of nitrogens with zero attached hydrogens (tertiary/aromatic N) is 3. The first-order valence-corrected chi connectivity index (χ1v) is 13.7. The van der Waals surface area contributed by atoms with E-state index in [2.05, 4.69) is 16.2 Å². The van der Waals surface area contributed by atoms with Crippen LogP contribution in [0.3, 0.4) is 0 Å². The number of alkyl halides is 2. The van der Waals surface area contributed by atoms with Gasteiger partial charge in [-0.15, -0.1) is 11.3 Å². The normalized spacial score (nSPS) is 26.8. The number of rotatable bonds is 6. The molecule has 3 aliphatic rings. The molecule has 2 heterocycles. The molecule has 1 aromatic carbocycles. The number of fused-ring (bicyclic) bond motifs is 1. The van der Waals surface area contributed by atoms with Crippen molar-refractivity contribution in [2.45, 2.75) is 100 Å². The molecule has 3 saturated carbocycles. The number of hydrogen-bond acceptors (Lipinski definition) is 7. The Kier molecular flexibility index (Phi) is 6.09. The summed E-state index contributed by atoms with van der Waals surface area (Å²) in [6, 6.07) is 7.53. The highest BCUT2D eigenvalue weighted by molar-refractivity contribution is 7.18. The smallest absolute Gasteiger partial charge is 0.248 e. The SMILES string of the molecule is N#Cc1ccc2nc([C@]3(O)CC[C@@H](OCc4c(C5CCC(F)(F)CC5)noc4C4CC4)CC3)sc2c1. The van der Waals surface area contributed by atoms with Gasteiger partial charge in [0.15, 0.2) is 0 Å². The van der Waals surface area contributed by atoms with Crippen LogP contribution in [0, 0.1) is 11.3 Å². The lowest BCUT2D eigenvalue weighted by atomic mass is 9.83. The summed E-state index contributed by atoms with van der Waals surface area (Å²) in [6.45, 7) is 0.374. The fourth-order valence-corrected chi connectivity index (χ4v) is 6.78. The van der Waals surface area contributed by atoms with Crippen LogP contribution in [0.1, 0.15) is 104 Å². The van der Waals surface area contributed by atoms with E-state index in [1.807, 2.05) is 12.1 Å². The predicted octanol–water partition coefficient (Wildman–Crippen LogP) is 6.67. The monoisotopic (exact) mass is 513 g/mol. The molecule has 0 saturated heterocycles. The fraction of sp³-hybridized carbons (Fsp3) is 0.593. The molecule has 0 bridgehead atoms. The van der Waals surface area contributed by atoms with Crippen molar-refractivity contribution in [2.75, 3.05) is 0 Å². The molecule has 0 spiro atoms.